The topological polar surface area (TPSA) is 55.5 Å². The maximum atomic E-state index is 8.97. The summed E-state index contributed by atoms with van der Waals surface area (Å²) in [6, 6.07) is 0. The summed E-state index contributed by atoms with van der Waals surface area (Å²) in [6.07, 6.45) is 5.22. The van der Waals surface area contributed by atoms with E-state index in [2.05, 4.69) is 6.92 Å². The molecule has 0 saturated heterocycles. The fraction of sp³-hybridized carbons (Fsp3) is 1.00. The summed E-state index contributed by atoms with van der Waals surface area (Å²) in [5.41, 5.74) is 5.21. The Morgan fingerprint density at radius 3 is 2.79 bits per heavy atom. The third-order valence-electron chi connectivity index (χ3n) is 2.90. The molecule has 84 valence electrons. The first-order chi connectivity index (χ1) is 6.53. The van der Waals surface area contributed by atoms with Crippen LogP contribution < -0.4 is 5.73 Å². The summed E-state index contributed by atoms with van der Waals surface area (Å²) < 4.78 is 5.72. The minimum Gasteiger partial charge on any atom is -0.394 e. The molecule has 0 aliphatic heterocycles. The first-order valence-electron chi connectivity index (χ1n) is 5.55. The van der Waals surface area contributed by atoms with E-state index in [1.807, 2.05) is 6.92 Å². The van der Waals surface area contributed by atoms with E-state index >= 15 is 0 Å². The van der Waals surface area contributed by atoms with E-state index in [-0.39, 0.29) is 6.61 Å². The van der Waals surface area contributed by atoms with Crippen molar-refractivity contribution in [2.24, 2.45) is 11.7 Å². The van der Waals surface area contributed by atoms with Gasteiger partial charge in [0.1, 0.15) is 0 Å². The van der Waals surface area contributed by atoms with Crippen LogP contribution in [0.15, 0.2) is 0 Å². The quantitative estimate of drug-likeness (QED) is 0.720. The first-order valence-corrected chi connectivity index (χ1v) is 5.55. The number of nitrogens with two attached hydrogens (primary N) is 1. The molecule has 14 heavy (non-hydrogen) atoms. The predicted octanol–water partition coefficient (Wildman–Crippen LogP) is 1.29. The van der Waals surface area contributed by atoms with Crippen LogP contribution in [0.1, 0.15) is 39.5 Å². The SMILES string of the molecule is CC1CCCC(OCC(C)(N)CO)C1. The van der Waals surface area contributed by atoms with E-state index in [9.17, 15) is 0 Å². The number of aliphatic hydroxyl groups excluding tert-OH is 1. The van der Waals surface area contributed by atoms with Gasteiger partial charge in [0.15, 0.2) is 0 Å². The Balaban J connectivity index is 2.23. The Hall–Kier alpha value is -0.120. The molecule has 0 aromatic carbocycles. The van der Waals surface area contributed by atoms with Crippen molar-refractivity contribution in [2.75, 3.05) is 13.2 Å². The molecule has 1 aliphatic rings. The smallest absolute Gasteiger partial charge is 0.0669 e. The lowest BCUT2D eigenvalue weighted by Crippen LogP contribution is -2.46. The number of aliphatic hydroxyl groups is 1. The zero-order chi connectivity index (χ0) is 10.6. The number of rotatable bonds is 4. The van der Waals surface area contributed by atoms with Crippen LogP contribution in [-0.4, -0.2) is 30.0 Å². The van der Waals surface area contributed by atoms with Gasteiger partial charge in [-0.2, -0.15) is 0 Å². The molecule has 1 aliphatic carbocycles. The standard InChI is InChI=1S/C11H23NO2/c1-9-4-3-5-10(6-9)14-8-11(2,12)7-13/h9-10,13H,3-8,12H2,1-2H3. The predicted molar refractivity (Wildman–Crippen MR) is 57.1 cm³/mol. The highest BCUT2D eigenvalue weighted by Crippen LogP contribution is 2.26. The van der Waals surface area contributed by atoms with Crippen LogP contribution in [0.5, 0.6) is 0 Å². The van der Waals surface area contributed by atoms with Crippen LogP contribution in [0.4, 0.5) is 0 Å². The average Bonchev–Trinajstić information content (AvgIpc) is 2.15. The van der Waals surface area contributed by atoms with Crippen molar-refractivity contribution < 1.29 is 9.84 Å². The van der Waals surface area contributed by atoms with Gasteiger partial charge in [-0.3, -0.25) is 0 Å². The highest BCUT2D eigenvalue weighted by Gasteiger charge is 2.23. The summed E-state index contributed by atoms with van der Waals surface area (Å²) in [7, 11) is 0. The molecular formula is C11H23NO2. The lowest BCUT2D eigenvalue weighted by Gasteiger charge is -2.30. The van der Waals surface area contributed by atoms with Gasteiger partial charge in [-0.1, -0.05) is 19.8 Å². The normalized spacial score (nSPS) is 32.6. The van der Waals surface area contributed by atoms with Gasteiger partial charge in [0, 0.05) is 0 Å². The lowest BCUT2D eigenvalue weighted by molar-refractivity contribution is -0.0175. The van der Waals surface area contributed by atoms with Crippen LogP contribution in [0.2, 0.25) is 0 Å². The van der Waals surface area contributed by atoms with Crippen molar-refractivity contribution >= 4 is 0 Å². The van der Waals surface area contributed by atoms with Crippen molar-refractivity contribution in [3.8, 4) is 0 Å². The molecule has 0 radical (unpaired) electrons. The second-order valence-electron chi connectivity index (χ2n) is 5.02. The fourth-order valence-electron chi connectivity index (χ4n) is 1.88. The van der Waals surface area contributed by atoms with Crippen LogP contribution in [0, 0.1) is 5.92 Å². The van der Waals surface area contributed by atoms with Gasteiger partial charge in [0.05, 0.1) is 24.9 Å². The van der Waals surface area contributed by atoms with Crippen LogP contribution in [0.3, 0.4) is 0 Å². The van der Waals surface area contributed by atoms with Crippen molar-refractivity contribution in [1.29, 1.82) is 0 Å². The molecule has 3 nitrogen and oxygen atoms in total. The van der Waals surface area contributed by atoms with E-state index < -0.39 is 5.54 Å². The molecule has 0 aromatic rings. The number of ether oxygens (including phenoxy) is 1. The fourth-order valence-corrected chi connectivity index (χ4v) is 1.88. The molecular weight excluding hydrogens is 178 g/mol. The monoisotopic (exact) mass is 201 g/mol. The summed E-state index contributed by atoms with van der Waals surface area (Å²) in [6.45, 7) is 4.53. The van der Waals surface area contributed by atoms with Gasteiger partial charge < -0.3 is 15.6 Å². The number of hydrogen-bond donors (Lipinski definition) is 2. The van der Waals surface area contributed by atoms with E-state index in [4.69, 9.17) is 15.6 Å². The van der Waals surface area contributed by atoms with Gasteiger partial charge in [0.25, 0.3) is 0 Å². The van der Waals surface area contributed by atoms with Crippen molar-refractivity contribution in [1.82, 2.24) is 0 Å². The molecule has 0 aromatic heterocycles. The first kappa shape index (κ1) is 12.0. The Morgan fingerprint density at radius 2 is 2.21 bits per heavy atom. The van der Waals surface area contributed by atoms with Crippen molar-refractivity contribution in [3.63, 3.8) is 0 Å². The maximum absolute atomic E-state index is 8.97. The van der Waals surface area contributed by atoms with E-state index in [1.165, 1.54) is 12.8 Å². The Bertz CT molecular complexity index is 171. The molecule has 0 amide bonds. The zero-order valence-electron chi connectivity index (χ0n) is 9.33. The van der Waals surface area contributed by atoms with Crippen LogP contribution >= 0.6 is 0 Å². The van der Waals surface area contributed by atoms with Crippen LogP contribution in [-0.2, 0) is 4.74 Å². The molecule has 0 spiro atoms. The molecule has 3 heteroatoms. The summed E-state index contributed by atoms with van der Waals surface area (Å²) in [4.78, 5) is 0. The average molecular weight is 201 g/mol. The molecule has 1 rings (SSSR count). The van der Waals surface area contributed by atoms with Gasteiger partial charge in [0.2, 0.25) is 0 Å². The Labute approximate surface area is 86.6 Å². The lowest BCUT2D eigenvalue weighted by atomic mass is 9.88. The second kappa shape index (κ2) is 5.10. The molecule has 3 unspecified atom stereocenters. The highest BCUT2D eigenvalue weighted by molar-refractivity contribution is 4.78. The summed E-state index contributed by atoms with van der Waals surface area (Å²) in [5, 5.41) is 8.97. The number of hydrogen-bond acceptors (Lipinski definition) is 3. The maximum Gasteiger partial charge on any atom is 0.0669 e. The van der Waals surface area contributed by atoms with Crippen molar-refractivity contribution in [2.45, 2.75) is 51.2 Å². The summed E-state index contributed by atoms with van der Waals surface area (Å²) in [5.74, 6) is 0.770. The van der Waals surface area contributed by atoms with Gasteiger partial charge >= 0.3 is 0 Å². The van der Waals surface area contributed by atoms with Gasteiger partial charge in [-0.05, 0) is 25.7 Å². The highest BCUT2D eigenvalue weighted by atomic mass is 16.5. The van der Waals surface area contributed by atoms with Gasteiger partial charge in [-0.25, -0.2) is 0 Å². The minimum atomic E-state index is -0.583. The molecule has 3 atom stereocenters. The minimum absolute atomic E-state index is 0.0186. The summed E-state index contributed by atoms with van der Waals surface area (Å²) >= 11 is 0. The van der Waals surface area contributed by atoms with Crippen LogP contribution in [0.25, 0.3) is 0 Å². The molecule has 0 heterocycles. The third-order valence-corrected chi connectivity index (χ3v) is 2.90. The Morgan fingerprint density at radius 1 is 1.50 bits per heavy atom. The van der Waals surface area contributed by atoms with Gasteiger partial charge in [-0.15, -0.1) is 0 Å². The largest absolute Gasteiger partial charge is 0.394 e. The van der Waals surface area contributed by atoms with E-state index in [1.54, 1.807) is 0 Å². The Kier molecular flexibility index (Phi) is 4.35. The third kappa shape index (κ3) is 3.95. The van der Waals surface area contributed by atoms with E-state index in [0.717, 1.165) is 18.8 Å². The molecule has 1 saturated carbocycles. The van der Waals surface area contributed by atoms with E-state index in [0.29, 0.717) is 12.7 Å². The zero-order valence-corrected chi connectivity index (χ0v) is 9.33. The molecule has 3 N–H and O–H groups in total. The van der Waals surface area contributed by atoms with Crippen molar-refractivity contribution in [3.05, 3.63) is 0 Å². The molecule has 0 bridgehead atoms. The molecule has 1 fully saturated rings. The second-order valence-corrected chi connectivity index (χ2v) is 5.02.